The minimum atomic E-state index is 0.147. The summed E-state index contributed by atoms with van der Waals surface area (Å²) in [6.45, 7) is 2.18. The Hall–Kier alpha value is -1.84. The summed E-state index contributed by atoms with van der Waals surface area (Å²) in [5.74, 6) is 1.44. The quantitative estimate of drug-likeness (QED) is 0.834. The van der Waals surface area contributed by atoms with Crippen LogP contribution in [0.5, 0.6) is 0 Å². The van der Waals surface area contributed by atoms with Crippen molar-refractivity contribution < 1.29 is 9.59 Å². The van der Waals surface area contributed by atoms with Gasteiger partial charge >= 0.3 is 0 Å². The number of piperidine rings is 1. The van der Waals surface area contributed by atoms with E-state index in [1.54, 1.807) is 0 Å². The van der Waals surface area contributed by atoms with Crippen LogP contribution in [0.1, 0.15) is 57.4 Å². The monoisotopic (exact) mass is 342 g/mol. The Morgan fingerprint density at radius 1 is 1.24 bits per heavy atom. The van der Waals surface area contributed by atoms with Crippen LogP contribution < -0.4 is 10.6 Å². The van der Waals surface area contributed by atoms with E-state index in [0.717, 1.165) is 38.5 Å². The molecule has 1 aliphatic carbocycles. The minimum absolute atomic E-state index is 0.147. The fourth-order valence-electron chi connectivity index (χ4n) is 4.56. The van der Waals surface area contributed by atoms with Crippen molar-refractivity contribution in [3.63, 3.8) is 0 Å². The van der Waals surface area contributed by atoms with Crippen molar-refractivity contribution in [2.24, 2.45) is 11.8 Å². The van der Waals surface area contributed by atoms with Gasteiger partial charge in [0.25, 0.3) is 0 Å². The van der Waals surface area contributed by atoms with Gasteiger partial charge in [0.05, 0.1) is 0 Å². The molecule has 4 atom stereocenters. The fraction of sp³-hybridized carbons (Fsp3) is 0.619. The van der Waals surface area contributed by atoms with Crippen molar-refractivity contribution in [3.8, 4) is 0 Å². The SMILES string of the molecule is CCC1CC(=O)NC2CC(NC(=O)CCCc3ccccc3)CCC12. The van der Waals surface area contributed by atoms with E-state index in [1.807, 2.05) is 18.2 Å². The van der Waals surface area contributed by atoms with E-state index in [9.17, 15) is 9.59 Å². The molecule has 4 nitrogen and oxygen atoms in total. The molecule has 1 aromatic rings. The zero-order chi connectivity index (χ0) is 17.6. The minimum Gasteiger partial charge on any atom is -0.353 e. The fourth-order valence-corrected chi connectivity index (χ4v) is 4.56. The van der Waals surface area contributed by atoms with Gasteiger partial charge in [0.1, 0.15) is 0 Å². The summed E-state index contributed by atoms with van der Waals surface area (Å²) < 4.78 is 0. The number of benzene rings is 1. The van der Waals surface area contributed by atoms with Crippen LogP contribution in [-0.4, -0.2) is 23.9 Å². The normalized spacial score (nSPS) is 28.8. The lowest BCUT2D eigenvalue weighted by Gasteiger charge is -2.44. The van der Waals surface area contributed by atoms with Crippen molar-refractivity contribution in [1.82, 2.24) is 10.6 Å². The highest BCUT2D eigenvalue weighted by molar-refractivity contribution is 5.78. The molecule has 2 N–H and O–H groups in total. The van der Waals surface area contributed by atoms with Crippen molar-refractivity contribution in [2.45, 2.75) is 70.4 Å². The first-order valence-electron chi connectivity index (χ1n) is 9.78. The van der Waals surface area contributed by atoms with E-state index in [2.05, 4.69) is 29.7 Å². The van der Waals surface area contributed by atoms with Crippen LogP contribution in [0.15, 0.2) is 30.3 Å². The standard InChI is InChI=1S/C21H30N2O2/c1-2-16-13-21(25)23-19-14-17(11-12-18(16)19)22-20(24)10-6-9-15-7-4-3-5-8-15/h3-5,7-8,16-19H,2,6,9-14H2,1H3,(H,22,24)(H,23,25). The molecule has 0 aromatic heterocycles. The number of aryl methyl sites for hydroxylation is 1. The van der Waals surface area contributed by atoms with Gasteiger partial charge in [-0.25, -0.2) is 0 Å². The summed E-state index contributed by atoms with van der Waals surface area (Å²) in [6.07, 6.45) is 7.18. The Labute approximate surface area is 150 Å². The molecule has 136 valence electrons. The molecule has 2 amide bonds. The number of nitrogens with one attached hydrogen (secondary N) is 2. The Morgan fingerprint density at radius 3 is 2.80 bits per heavy atom. The molecule has 2 aliphatic rings. The molecule has 2 fully saturated rings. The van der Waals surface area contributed by atoms with Crippen molar-refractivity contribution >= 4 is 11.8 Å². The summed E-state index contributed by atoms with van der Waals surface area (Å²) in [7, 11) is 0. The molecule has 1 saturated heterocycles. The lowest BCUT2D eigenvalue weighted by atomic mass is 9.70. The molecule has 0 radical (unpaired) electrons. The van der Waals surface area contributed by atoms with Gasteiger partial charge in [0.15, 0.2) is 0 Å². The van der Waals surface area contributed by atoms with Gasteiger partial charge in [-0.15, -0.1) is 0 Å². The third kappa shape index (κ3) is 4.83. The molecule has 4 heteroatoms. The molecule has 1 aliphatic heterocycles. The van der Waals surface area contributed by atoms with E-state index in [0.29, 0.717) is 24.7 Å². The van der Waals surface area contributed by atoms with Gasteiger partial charge in [0.2, 0.25) is 11.8 Å². The predicted octanol–water partition coefficient (Wildman–Crippen LogP) is 3.21. The first-order chi connectivity index (χ1) is 12.2. The van der Waals surface area contributed by atoms with Crippen LogP contribution >= 0.6 is 0 Å². The van der Waals surface area contributed by atoms with Crippen LogP contribution in [0.4, 0.5) is 0 Å². The van der Waals surface area contributed by atoms with Gasteiger partial charge in [-0.3, -0.25) is 9.59 Å². The topological polar surface area (TPSA) is 58.2 Å². The third-order valence-electron chi connectivity index (χ3n) is 5.90. The van der Waals surface area contributed by atoms with Crippen LogP contribution in [0.25, 0.3) is 0 Å². The maximum absolute atomic E-state index is 12.2. The second-order valence-electron chi connectivity index (χ2n) is 7.63. The maximum Gasteiger partial charge on any atom is 0.220 e. The number of amides is 2. The largest absolute Gasteiger partial charge is 0.353 e. The molecule has 25 heavy (non-hydrogen) atoms. The first-order valence-corrected chi connectivity index (χ1v) is 9.78. The zero-order valence-corrected chi connectivity index (χ0v) is 15.2. The third-order valence-corrected chi connectivity index (χ3v) is 5.90. The molecule has 3 rings (SSSR count). The molecule has 1 aromatic carbocycles. The number of fused-ring (bicyclic) bond motifs is 1. The summed E-state index contributed by atoms with van der Waals surface area (Å²) in [5, 5.41) is 6.36. The van der Waals surface area contributed by atoms with Crippen LogP contribution in [0.2, 0.25) is 0 Å². The van der Waals surface area contributed by atoms with Gasteiger partial charge < -0.3 is 10.6 Å². The Morgan fingerprint density at radius 2 is 2.04 bits per heavy atom. The maximum atomic E-state index is 12.2. The number of hydrogen-bond acceptors (Lipinski definition) is 2. The van der Waals surface area contributed by atoms with Gasteiger partial charge in [0, 0.05) is 24.9 Å². The predicted molar refractivity (Wildman–Crippen MR) is 99.0 cm³/mol. The van der Waals surface area contributed by atoms with Crippen LogP contribution in [0.3, 0.4) is 0 Å². The lowest BCUT2D eigenvalue weighted by molar-refractivity contribution is -0.127. The van der Waals surface area contributed by atoms with Crippen LogP contribution in [0, 0.1) is 11.8 Å². The van der Waals surface area contributed by atoms with Crippen LogP contribution in [-0.2, 0) is 16.0 Å². The van der Waals surface area contributed by atoms with E-state index in [-0.39, 0.29) is 23.9 Å². The van der Waals surface area contributed by atoms with Gasteiger partial charge in [-0.2, -0.15) is 0 Å². The van der Waals surface area contributed by atoms with E-state index in [1.165, 1.54) is 5.56 Å². The second-order valence-corrected chi connectivity index (χ2v) is 7.63. The highest BCUT2D eigenvalue weighted by Crippen LogP contribution is 2.36. The average molecular weight is 342 g/mol. The molecule has 4 unspecified atom stereocenters. The number of hydrogen-bond donors (Lipinski definition) is 2. The summed E-state index contributed by atoms with van der Waals surface area (Å²) >= 11 is 0. The summed E-state index contributed by atoms with van der Waals surface area (Å²) in [4.78, 5) is 24.1. The van der Waals surface area contributed by atoms with Crippen molar-refractivity contribution in [2.75, 3.05) is 0 Å². The molecular weight excluding hydrogens is 312 g/mol. The van der Waals surface area contributed by atoms with E-state index in [4.69, 9.17) is 0 Å². The van der Waals surface area contributed by atoms with Crippen molar-refractivity contribution in [3.05, 3.63) is 35.9 Å². The second kappa shape index (κ2) is 8.50. The molecule has 1 saturated carbocycles. The summed E-state index contributed by atoms with van der Waals surface area (Å²) in [6, 6.07) is 10.8. The highest BCUT2D eigenvalue weighted by Gasteiger charge is 2.40. The smallest absolute Gasteiger partial charge is 0.220 e. The molecule has 0 spiro atoms. The molecule has 0 bridgehead atoms. The number of carbonyl (C=O) groups is 2. The Balaban J connectivity index is 1.42. The zero-order valence-electron chi connectivity index (χ0n) is 15.2. The summed E-state index contributed by atoms with van der Waals surface area (Å²) in [5.41, 5.74) is 1.28. The first kappa shape index (κ1) is 18.0. The Kier molecular flexibility index (Phi) is 6.11. The average Bonchev–Trinajstić information content (AvgIpc) is 2.61. The van der Waals surface area contributed by atoms with E-state index < -0.39 is 0 Å². The van der Waals surface area contributed by atoms with Gasteiger partial charge in [-0.1, -0.05) is 43.7 Å². The van der Waals surface area contributed by atoms with Gasteiger partial charge in [-0.05, 0) is 49.5 Å². The number of carbonyl (C=O) groups excluding carboxylic acids is 2. The Bertz CT molecular complexity index is 587. The van der Waals surface area contributed by atoms with E-state index >= 15 is 0 Å². The number of rotatable bonds is 6. The molecule has 1 heterocycles. The highest BCUT2D eigenvalue weighted by atomic mass is 16.2. The van der Waals surface area contributed by atoms with Crippen molar-refractivity contribution in [1.29, 1.82) is 0 Å². The lowest BCUT2D eigenvalue weighted by Crippen LogP contribution is -2.55. The molecular formula is C21H30N2O2.